The highest BCUT2D eigenvalue weighted by molar-refractivity contribution is 9.10. The van der Waals surface area contributed by atoms with Gasteiger partial charge < -0.3 is 9.84 Å². The van der Waals surface area contributed by atoms with Crippen LogP contribution in [0.5, 0.6) is 11.5 Å². The van der Waals surface area contributed by atoms with E-state index in [1.807, 2.05) is 0 Å². The van der Waals surface area contributed by atoms with Gasteiger partial charge in [-0.2, -0.15) is 0 Å². The zero-order valence-corrected chi connectivity index (χ0v) is 11.7. The van der Waals surface area contributed by atoms with Crippen LogP contribution in [0.2, 0.25) is 5.02 Å². The first-order valence-electron chi connectivity index (χ1n) is 5.14. The van der Waals surface area contributed by atoms with Gasteiger partial charge in [0.15, 0.2) is 11.6 Å². The summed E-state index contributed by atoms with van der Waals surface area (Å²) in [6, 6.07) is 8.85. The summed E-state index contributed by atoms with van der Waals surface area (Å²) in [7, 11) is 0. The molecule has 3 nitrogen and oxygen atoms in total. The van der Waals surface area contributed by atoms with Crippen LogP contribution in [0.4, 0.5) is 4.39 Å². The van der Waals surface area contributed by atoms with Crippen LogP contribution in [0.1, 0.15) is 10.4 Å². The second-order valence-corrected chi connectivity index (χ2v) is 4.83. The van der Waals surface area contributed by atoms with Crippen LogP contribution < -0.4 is 4.74 Å². The van der Waals surface area contributed by atoms with Gasteiger partial charge in [-0.15, -0.1) is 0 Å². The summed E-state index contributed by atoms with van der Waals surface area (Å²) in [4.78, 5) is 11.2. The fraction of sp³-hybridized carbons (Fsp3) is 0. The Labute approximate surface area is 121 Å². The summed E-state index contributed by atoms with van der Waals surface area (Å²) in [5.41, 5.74) is -0.0816. The number of aromatic carboxylic acids is 1. The molecule has 6 heteroatoms. The molecule has 2 aromatic rings. The van der Waals surface area contributed by atoms with E-state index in [0.29, 0.717) is 4.47 Å². The fourth-order valence-corrected chi connectivity index (χ4v) is 2.16. The average molecular weight is 346 g/mol. The van der Waals surface area contributed by atoms with Crippen LogP contribution in [0, 0.1) is 5.82 Å². The van der Waals surface area contributed by atoms with Gasteiger partial charge in [0.25, 0.3) is 0 Å². The van der Waals surface area contributed by atoms with Crippen molar-refractivity contribution in [3.63, 3.8) is 0 Å². The Morgan fingerprint density at radius 2 is 1.84 bits per heavy atom. The second kappa shape index (κ2) is 5.59. The van der Waals surface area contributed by atoms with Crippen molar-refractivity contribution in [1.82, 2.24) is 0 Å². The highest BCUT2D eigenvalue weighted by atomic mass is 79.9. The van der Waals surface area contributed by atoms with Crippen molar-refractivity contribution in [1.29, 1.82) is 0 Å². The normalized spacial score (nSPS) is 10.3. The predicted molar refractivity (Wildman–Crippen MR) is 72.6 cm³/mol. The molecule has 0 radical (unpaired) electrons. The van der Waals surface area contributed by atoms with Gasteiger partial charge in [-0.1, -0.05) is 23.7 Å². The Balaban J connectivity index is 2.47. The molecule has 0 atom stereocenters. The topological polar surface area (TPSA) is 46.5 Å². The molecule has 0 saturated heterocycles. The van der Waals surface area contributed by atoms with Crippen LogP contribution >= 0.6 is 27.5 Å². The van der Waals surface area contributed by atoms with Crippen molar-refractivity contribution in [2.75, 3.05) is 0 Å². The van der Waals surface area contributed by atoms with Crippen molar-refractivity contribution < 1.29 is 19.0 Å². The lowest BCUT2D eigenvalue weighted by Gasteiger charge is -2.11. The maximum Gasteiger partial charge on any atom is 0.340 e. The number of benzene rings is 2. The first-order valence-corrected chi connectivity index (χ1v) is 6.31. The third-order valence-corrected chi connectivity index (χ3v) is 3.28. The number of carbonyl (C=O) groups is 1. The summed E-state index contributed by atoms with van der Waals surface area (Å²) in [6.45, 7) is 0. The minimum absolute atomic E-state index is 0.0306. The van der Waals surface area contributed by atoms with Crippen LogP contribution in [-0.4, -0.2) is 11.1 Å². The van der Waals surface area contributed by atoms with Gasteiger partial charge in [-0.05, 0) is 40.2 Å². The van der Waals surface area contributed by atoms with Crippen molar-refractivity contribution >= 4 is 33.5 Å². The molecule has 98 valence electrons. The van der Waals surface area contributed by atoms with E-state index in [-0.39, 0.29) is 22.1 Å². The lowest BCUT2D eigenvalue weighted by molar-refractivity contribution is 0.0693. The summed E-state index contributed by atoms with van der Waals surface area (Å²) in [5.74, 6) is -2.01. The largest absolute Gasteiger partial charge is 0.478 e. The van der Waals surface area contributed by atoms with Crippen LogP contribution in [0.25, 0.3) is 0 Å². The van der Waals surface area contributed by atoms with Crippen LogP contribution in [0.3, 0.4) is 0 Å². The standard InChI is InChI=1S/C13H7BrClFO3/c14-7-3-1-5-9(11(7)13(17)18)19-10-6-2-4-8(15)12(10)16/h1-6H,(H,17,18). The maximum absolute atomic E-state index is 13.7. The highest BCUT2D eigenvalue weighted by Gasteiger charge is 2.17. The van der Waals surface area contributed by atoms with E-state index in [4.69, 9.17) is 21.4 Å². The van der Waals surface area contributed by atoms with E-state index in [2.05, 4.69) is 15.9 Å². The highest BCUT2D eigenvalue weighted by Crippen LogP contribution is 2.33. The van der Waals surface area contributed by atoms with Crippen molar-refractivity contribution in [3.05, 3.63) is 57.3 Å². The number of carboxylic acids is 1. The molecule has 0 aliphatic heterocycles. The SMILES string of the molecule is O=C(O)c1c(Br)cccc1Oc1cccc(Cl)c1F. The second-order valence-electron chi connectivity index (χ2n) is 3.57. The van der Waals surface area contributed by atoms with E-state index in [0.717, 1.165) is 0 Å². The minimum atomic E-state index is -1.18. The minimum Gasteiger partial charge on any atom is -0.478 e. The molecule has 0 saturated carbocycles. The van der Waals surface area contributed by atoms with Crippen molar-refractivity contribution in [2.24, 2.45) is 0 Å². The number of carboxylic acid groups (broad SMARTS) is 1. The van der Waals surface area contributed by atoms with E-state index in [1.165, 1.54) is 24.3 Å². The third-order valence-electron chi connectivity index (χ3n) is 2.33. The van der Waals surface area contributed by atoms with Gasteiger partial charge in [0.2, 0.25) is 0 Å². The molecule has 0 aliphatic carbocycles. The molecule has 0 aliphatic rings. The van der Waals surface area contributed by atoms with E-state index in [9.17, 15) is 9.18 Å². The molecule has 0 aromatic heterocycles. The smallest absolute Gasteiger partial charge is 0.340 e. The van der Waals surface area contributed by atoms with E-state index < -0.39 is 11.8 Å². The Bertz CT molecular complexity index is 646. The Kier molecular flexibility index (Phi) is 4.07. The number of ether oxygens (including phenoxy) is 1. The Morgan fingerprint density at radius 1 is 1.21 bits per heavy atom. The summed E-state index contributed by atoms with van der Waals surface area (Å²) < 4.78 is 19.3. The molecule has 2 aromatic carbocycles. The molecular formula is C13H7BrClFO3. The molecule has 19 heavy (non-hydrogen) atoms. The van der Waals surface area contributed by atoms with Gasteiger partial charge in [-0.25, -0.2) is 9.18 Å². The zero-order valence-electron chi connectivity index (χ0n) is 9.36. The fourth-order valence-electron chi connectivity index (χ4n) is 1.48. The zero-order chi connectivity index (χ0) is 14.0. The lowest BCUT2D eigenvalue weighted by Crippen LogP contribution is -2.02. The number of halogens is 3. The van der Waals surface area contributed by atoms with Gasteiger partial charge >= 0.3 is 5.97 Å². The monoisotopic (exact) mass is 344 g/mol. The molecule has 2 rings (SSSR count). The molecule has 0 fully saturated rings. The van der Waals surface area contributed by atoms with E-state index in [1.54, 1.807) is 12.1 Å². The Morgan fingerprint density at radius 3 is 2.53 bits per heavy atom. The summed E-state index contributed by atoms with van der Waals surface area (Å²) >= 11 is 8.75. The number of hydrogen-bond donors (Lipinski definition) is 1. The summed E-state index contributed by atoms with van der Waals surface area (Å²) in [5, 5.41) is 9.03. The maximum atomic E-state index is 13.7. The molecule has 0 heterocycles. The van der Waals surface area contributed by atoms with Gasteiger partial charge in [0, 0.05) is 4.47 Å². The van der Waals surface area contributed by atoms with Crippen LogP contribution in [0.15, 0.2) is 40.9 Å². The molecule has 0 amide bonds. The van der Waals surface area contributed by atoms with Crippen LogP contribution in [-0.2, 0) is 0 Å². The third kappa shape index (κ3) is 2.88. The lowest BCUT2D eigenvalue weighted by atomic mass is 10.2. The van der Waals surface area contributed by atoms with E-state index >= 15 is 0 Å². The summed E-state index contributed by atoms with van der Waals surface area (Å²) in [6.07, 6.45) is 0. The van der Waals surface area contributed by atoms with Gasteiger partial charge in [0.05, 0.1) is 5.02 Å². The molecule has 1 N–H and O–H groups in total. The quantitative estimate of drug-likeness (QED) is 0.874. The molecule has 0 spiro atoms. The Hall–Kier alpha value is -1.59. The van der Waals surface area contributed by atoms with Crippen molar-refractivity contribution in [3.8, 4) is 11.5 Å². The first-order chi connectivity index (χ1) is 9.00. The first kappa shape index (κ1) is 13.8. The van der Waals surface area contributed by atoms with Gasteiger partial charge in [-0.3, -0.25) is 0 Å². The predicted octanol–water partition coefficient (Wildman–Crippen LogP) is 4.73. The average Bonchev–Trinajstić information content (AvgIpc) is 2.34. The molecule has 0 bridgehead atoms. The number of rotatable bonds is 3. The molecular weight excluding hydrogens is 338 g/mol. The van der Waals surface area contributed by atoms with Gasteiger partial charge in [0.1, 0.15) is 11.3 Å². The molecule has 0 unspecified atom stereocenters. The number of hydrogen-bond acceptors (Lipinski definition) is 2. The van der Waals surface area contributed by atoms with Crippen molar-refractivity contribution in [2.45, 2.75) is 0 Å².